The van der Waals surface area contributed by atoms with E-state index >= 15 is 0 Å². The average Bonchev–Trinajstić information content (AvgIpc) is 2.40. The molecule has 0 atom stereocenters. The summed E-state index contributed by atoms with van der Waals surface area (Å²) in [7, 11) is -3.23. The molecule has 2 N–H and O–H groups in total. The smallest absolute Gasteiger partial charge is 0.251 e. The molecular formula is C13H18N2O4S. The number of sulfonamides is 1. The molecule has 0 aromatic heterocycles. The summed E-state index contributed by atoms with van der Waals surface area (Å²) in [5, 5.41) is 2.61. The van der Waals surface area contributed by atoms with E-state index in [2.05, 4.69) is 16.6 Å². The van der Waals surface area contributed by atoms with Crippen LogP contribution in [-0.2, 0) is 10.0 Å². The lowest BCUT2D eigenvalue weighted by atomic mass is 10.2. The molecule has 0 bridgehead atoms. The van der Waals surface area contributed by atoms with Crippen LogP contribution in [0.25, 0.3) is 0 Å². The van der Waals surface area contributed by atoms with Crippen LogP contribution in [0.15, 0.2) is 36.9 Å². The van der Waals surface area contributed by atoms with Crippen LogP contribution in [0.1, 0.15) is 10.4 Å². The zero-order chi connectivity index (χ0) is 15.0. The molecule has 110 valence electrons. The largest absolute Gasteiger partial charge is 0.490 e. The van der Waals surface area contributed by atoms with Gasteiger partial charge in [0, 0.05) is 18.7 Å². The molecule has 6 nitrogen and oxygen atoms in total. The molecule has 1 aromatic rings. The fraction of sp³-hybridized carbons (Fsp3) is 0.308. The monoisotopic (exact) mass is 298 g/mol. The Bertz CT molecular complexity index is 569. The quantitative estimate of drug-likeness (QED) is 0.541. The molecule has 1 aromatic carbocycles. The molecule has 20 heavy (non-hydrogen) atoms. The maximum atomic E-state index is 11.8. The topological polar surface area (TPSA) is 84.5 Å². The van der Waals surface area contributed by atoms with Crippen molar-refractivity contribution in [3.05, 3.63) is 42.5 Å². The van der Waals surface area contributed by atoms with Gasteiger partial charge in [0.15, 0.2) is 0 Å². The first-order valence-electron chi connectivity index (χ1n) is 5.99. The Hall–Kier alpha value is -1.86. The Morgan fingerprint density at radius 3 is 2.80 bits per heavy atom. The van der Waals surface area contributed by atoms with Gasteiger partial charge in [0.2, 0.25) is 10.0 Å². The molecule has 1 amide bonds. The predicted molar refractivity (Wildman–Crippen MR) is 77.3 cm³/mol. The summed E-state index contributed by atoms with van der Waals surface area (Å²) < 4.78 is 29.3. The van der Waals surface area contributed by atoms with Crippen LogP contribution in [-0.4, -0.2) is 40.3 Å². The molecule has 1 rings (SSSR count). The number of nitrogens with one attached hydrogen (secondary N) is 2. The minimum Gasteiger partial charge on any atom is -0.490 e. The van der Waals surface area contributed by atoms with Crippen LogP contribution < -0.4 is 14.8 Å². The summed E-state index contributed by atoms with van der Waals surface area (Å²) in [6.07, 6.45) is 2.68. The van der Waals surface area contributed by atoms with Gasteiger partial charge in [-0.2, -0.15) is 0 Å². The lowest BCUT2D eigenvalue weighted by Crippen LogP contribution is -2.34. The molecule has 0 aliphatic carbocycles. The standard InChI is InChI=1S/C13H18N2O4S/c1-3-9-19-12-6-4-5-11(10-12)13(16)14-7-8-15-20(2,17)18/h3-6,10,15H,1,7-9H2,2H3,(H,14,16). The number of carbonyl (C=O) groups is 1. The maximum Gasteiger partial charge on any atom is 0.251 e. The molecule has 0 aliphatic heterocycles. The second-order valence-corrected chi connectivity index (χ2v) is 5.88. The van der Waals surface area contributed by atoms with E-state index in [-0.39, 0.29) is 19.0 Å². The second-order valence-electron chi connectivity index (χ2n) is 4.05. The molecular weight excluding hydrogens is 280 g/mol. The van der Waals surface area contributed by atoms with Crippen molar-refractivity contribution in [2.45, 2.75) is 0 Å². The van der Waals surface area contributed by atoms with Crippen LogP contribution >= 0.6 is 0 Å². The van der Waals surface area contributed by atoms with E-state index in [4.69, 9.17) is 4.74 Å². The Labute approximate surface area is 118 Å². The predicted octanol–water partition coefficient (Wildman–Crippen LogP) is 0.530. The minimum absolute atomic E-state index is 0.150. The highest BCUT2D eigenvalue weighted by Gasteiger charge is 2.06. The molecule has 0 saturated carbocycles. The molecule has 0 unspecified atom stereocenters. The van der Waals surface area contributed by atoms with E-state index < -0.39 is 10.0 Å². The van der Waals surface area contributed by atoms with Crippen molar-refractivity contribution in [2.75, 3.05) is 26.0 Å². The first kappa shape index (κ1) is 16.2. The third-order valence-electron chi connectivity index (χ3n) is 2.24. The lowest BCUT2D eigenvalue weighted by Gasteiger charge is -2.07. The minimum atomic E-state index is -3.23. The molecule has 0 aliphatic rings. The number of rotatable bonds is 8. The summed E-state index contributed by atoms with van der Waals surface area (Å²) in [5.74, 6) is 0.288. The first-order valence-corrected chi connectivity index (χ1v) is 7.88. The summed E-state index contributed by atoms with van der Waals surface area (Å²) in [4.78, 5) is 11.8. The van der Waals surface area contributed by atoms with E-state index in [1.54, 1.807) is 30.3 Å². The molecule has 0 fully saturated rings. The highest BCUT2D eigenvalue weighted by atomic mass is 32.2. The van der Waals surface area contributed by atoms with Crippen LogP contribution in [0.4, 0.5) is 0 Å². The first-order chi connectivity index (χ1) is 9.42. The Kier molecular flexibility index (Phi) is 6.20. The fourth-order valence-corrected chi connectivity index (χ4v) is 1.87. The van der Waals surface area contributed by atoms with Gasteiger partial charge in [-0.3, -0.25) is 4.79 Å². The van der Waals surface area contributed by atoms with Gasteiger partial charge in [0.05, 0.1) is 6.26 Å². The van der Waals surface area contributed by atoms with E-state index in [9.17, 15) is 13.2 Å². The SMILES string of the molecule is C=CCOc1cccc(C(=O)NCCNS(C)(=O)=O)c1. The van der Waals surface area contributed by atoms with Gasteiger partial charge < -0.3 is 10.1 Å². The van der Waals surface area contributed by atoms with Crippen molar-refractivity contribution in [2.24, 2.45) is 0 Å². The van der Waals surface area contributed by atoms with Crippen LogP contribution in [0.2, 0.25) is 0 Å². The van der Waals surface area contributed by atoms with Crippen LogP contribution in [0.5, 0.6) is 5.75 Å². The van der Waals surface area contributed by atoms with Crippen molar-refractivity contribution in [3.63, 3.8) is 0 Å². The molecule has 0 spiro atoms. The van der Waals surface area contributed by atoms with Crippen molar-refractivity contribution >= 4 is 15.9 Å². The highest BCUT2D eigenvalue weighted by molar-refractivity contribution is 7.88. The van der Waals surface area contributed by atoms with Crippen molar-refractivity contribution in [1.82, 2.24) is 10.0 Å². The Morgan fingerprint density at radius 2 is 2.15 bits per heavy atom. The third kappa shape index (κ3) is 6.35. The van der Waals surface area contributed by atoms with E-state index in [0.29, 0.717) is 17.9 Å². The number of amides is 1. The van der Waals surface area contributed by atoms with Crippen molar-refractivity contribution < 1.29 is 17.9 Å². The second kappa shape index (κ2) is 7.66. The van der Waals surface area contributed by atoms with Gasteiger partial charge in [0.1, 0.15) is 12.4 Å². The highest BCUT2D eigenvalue weighted by Crippen LogP contribution is 2.13. The zero-order valence-corrected chi connectivity index (χ0v) is 12.1. The van der Waals surface area contributed by atoms with Gasteiger partial charge in [-0.15, -0.1) is 0 Å². The third-order valence-corrected chi connectivity index (χ3v) is 2.97. The lowest BCUT2D eigenvalue weighted by molar-refractivity contribution is 0.0954. The summed E-state index contributed by atoms with van der Waals surface area (Å²) in [6.45, 7) is 4.27. The molecule has 0 heterocycles. The molecule has 0 radical (unpaired) electrons. The van der Waals surface area contributed by atoms with E-state index in [1.807, 2.05) is 0 Å². The van der Waals surface area contributed by atoms with Gasteiger partial charge in [-0.1, -0.05) is 18.7 Å². The van der Waals surface area contributed by atoms with Gasteiger partial charge in [-0.25, -0.2) is 13.1 Å². The summed E-state index contributed by atoms with van der Waals surface area (Å²) in [6, 6.07) is 6.72. The summed E-state index contributed by atoms with van der Waals surface area (Å²) in [5.41, 5.74) is 0.450. The number of hydrogen-bond donors (Lipinski definition) is 2. The summed E-state index contributed by atoms with van der Waals surface area (Å²) >= 11 is 0. The Balaban J connectivity index is 2.48. The number of ether oxygens (including phenoxy) is 1. The van der Waals surface area contributed by atoms with Crippen LogP contribution in [0, 0.1) is 0 Å². The molecule has 7 heteroatoms. The van der Waals surface area contributed by atoms with Crippen molar-refractivity contribution in [3.8, 4) is 5.75 Å². The average molecular weight is 298 g/mol. The van der Waals surface area contributed by atoms with E-state index in [0.717, 1.165) is 6.26 Å². The number of benzene rings is 1. The number of carbonyl (C=O) groups excluding carboxylic acids is 1. The maximum absolute atomic E-state index is 11.8. The number of hydrogen-bond acceptors (Lipinski definition) is 4. The zero-order valence-electron chi connectivity index (χ0n) is 11.3. The van der Waals surface area contributed by atoms with E-state index in [1.165, 1.54) is 0 Å². The normalized spacial score (nSPS) is 10.8. The van der Waals surface area contributed by atoms with Gasteiger partial charge in [0.25, 0.3) is 5.91 Å². The Morgan fingerprint density at radius 1 is 1.40 bits per heavy atom. The van der Waals surface area contributed by atoms with Crippen molar-refractivity contribution in [1.29, 1.82) is 0 Å². The van der Waals surface area contributed by atoms with Gasteiger partial charge in [-0.05, 0) is 18.2 Å². The van der Waals surface area contributed by atoms with Gasteiger partial charge >= 0.3 is 0 Å². The molecule has 0 saturated heterocycles. The fourth-order valence-electron chi connectivity index (χ4n) is 1.40. The van der Waals surface area contributed by atoms with Crippen LogP contribution in [0.3, 0.4) is 0 Å².